The van der Waals surface area contributed by atoms with Gasteiger partial charge in [0.15, 0.2) is 0 Å². The Bertz CT molecular complexity index is 751. The van der Waals surface area contributed by atoms with E-state index in [4.69, 9.17) is 4.74 Å². The van der Waals surface area contributed by atoms with Crippen LogP contribution in [0.15, 0.2) is 23.1 Å². The molecule has 27 heavy (non-hydrogen) atoms. The van der Waals surface area contributed by atoms with Gasteiger partial charge in [0.2, 0.25) is 10.0 Å². The van der Waals surface area contributed by atoms with Gasteiger partial charge in [-0.05, 0) is 51.2 Å². The molecule has 0 bridgehead atoms. The van der Waals surface area contributed by atoms with Gasteiger partial charge in [-0.2, -0.15) is 4.31 Å². The Morgan fingerprint density at radius 1 is 1.41 bits per heavy atom. The van der Waals surface area contributed by atoms with Crippen LogP contribution in [0.1, 0.15) is 40.0 Å². The van der Waals surface area contributed by atoms with E-state index in [1.807, 2.05) is 20.8 Å². The Morgan fingerprint density at radius 2 is 2.15 bits per heavy atom. The first kappa shape index (κ1) is 21.6. The lowest BCUT2D eigenvalue weighted by Gasteiger charge is -2.30. The van der Waals surface area contributed by atoms with Crippen LogP contribution in [0, 0.1) is 16.0 Å². The van der Waals surface area contributed by atoms with E-state index in [-0.39, 0.29) is 22.6 Å². The van der Waals surface area contributed by atoms with Gasteiger partial charge in [0.25, 0.3) is 5.69 Å². The summed E-state index contributed by atoms with van der Waals surface area (Å²) < 4.78 is 32.6. The third-order valence-electron chi connectivity index (χ3n) is 4.51. The van der Waals surface area contributed by atoms with Crippen LogP contribution in [0.4, 0.5) is 11.4 Å². The minimum absolute atomic E-state index is 0.0306. The quantitative estimate of drug-likeness (QED) is 0.388. The summed E-state index contributed by atoms with van der Waals surface area (Å²) in [7, 11) is -3.73. The summed E-state index contributed by atoms with van der Waals surface area (Å²) in [5, 5.41) is 14.4. The fourth-order valence-corrected chi connectivity index (χ4v) is 4.72. The molecule has 1 atom stereocenters. The fraction of sp³-hybridized carbons (Fsp3) is 0.667. The van der Waals surface area contributed by atoms with Crippen molar-refractivity contribution in [3.8, 4) is 0 Å². The molecule has 1 aromatic carbocycles. The summed E-state index contributed by atoms with van der Waals surface area (Å²) >= 11 is 0. The second-order valence-electron chi connectivity index (χ2n) is 7.25. The molecule has 8 nitrogen and oxygen atoms in total. The molecule has 1 N–H and O–H groups in total. The fourth-order valence-electron chi connectivity index (χ4n) is 3.10. The first-order valence-corrected chi connectivity index (χ1v) is 10.8. The van der Waals surface area contributed by atoms with Crippen molar-refractivity contribution in [1.82, 2.24) is 4.31 Å². The smallest absolute Gasteiger partial charge is 0.293 e. The second kappa shape index (κ2) is 9.48. The summed E-state index contributed by atoms with van der Waals surface area (Å²) in [6, 6.07) is 4.07. The van der Waals surface area contributed by atoms with Crippen LogP contribution in [0.5, 0.6) is 0 Å². The van der Waals surface area contributed by atoms with Crippen molar-refractivity contribution in [1.29, 1.82) is 0 Å². The predicted octanol–water partition coefficient (Wildman–Crippen LogP) is 3.24. The Labute approximate surface area is 161 Å². The number of sulfonamides is 1. The molecule has 0 spiro atoms. The van der Waals surface area contributed by atoms with E-state index in [1.54, 1.807) is 0 Å². The van der Waals surface area contributed by atoms with Crippen molar-refractivity contribution in [3.05, 3.63) is 28.3 Å². The number of ether oxygens (including phenoxy) is 1. The van der Waals surface area contributed by atoms with Crippen molar-refractivity contribution in [2.45, 2.75) is 51.0 Å². The molecule has 1 heterocycles. The molecule has 9 heteroatoms. The van der Waals surface area contributed by atoms with Crippen LogP contribution >= 0.6 is 0 Å². The van der Waals surface area contributed by atoms with E-state index in [9.17, 15) is 18.5 Å². The number of piperidine rings is 1. The first-order chi connectivity index (χ1) is 12.7. The highest BCUT2D eigenvalue weighted by Gasteiger charge is 2.30. The molecule has 0 unspecified atom stereocenters. The zero-order valence-electron chi connectivity index (χ0n) is 16.2. The van der Waals surface area contributed by atoms with Gasteiger partial charge in [-0.3, -0.25) is 10.1 Å². The van der Waals surface area contributed by atoms with Crippen molar-refractivity contribution in [2.24, 2.45) is 5.92 Å². The standard InChI is InChI=1S/C18H29N3O5S/c1-14(2)26-11-5-9-19-17-8-7-16(12-18(17)21(22)23)27(24,25)20-10-4-6-15(3)13-20/h7-8,12,14-15,19H,4-6,9-11,13H2,1-3H3/t15-/m0/s1. The summed E-state index contributed by atoms with van der Waals surface area (Å²) in [6.45, 7) is 7.87. The monoisotopic (exact) mass is 399 g/mol. The molecule has 1 aromatic rings. The molecule has 1 aliphatic heterocycles. The van der Waals surface area contributed by atoms with E-state index in [0.29, 0.717) is 38.3 Å². The van der Waals surface area contributed by atoms with Gasteiger partial charge in [0.1, 0.15) is 5.69 Å². The van der Waals surface area contributed by atoms with Crippen LogP contribution in [0.3, 0.4) is 0 Å². The van der Waals surface area contributed by atoms with Crippen LogP contribution in [-0.4, -0.2) is 50.0 Å². The number of nitro benzene ring substituents is 1. The molecule has 1 aliphatic rings. The van der Waals surface area contributed by atoms with Crippen molar-refractivity contribution in [2.75, 3.05) is 31.6 Å². The topological polar surface area (TPSA) is 102 Å². The van der Waals surface area contributed by atoms with Crippen LogP contribution < -0.4 is 5.32 Å². The zero-order valence-corrected chi connectivity index (χ0v) is 17.0. The Kier molecular flexibility index (Phi) is 7.58. The maximum atomic E-state index is 12.8. The number of nitrogens with one attached hydrogen (secondary N) is 1. The number of benzene rings is 1. The number of hydrogen-bond acceptors (Lipinski definition) is 6. The lowest BCUT2D eigenvalue weighted by Crippen LogP contribution is -2.39. The highest BCUT2D eigenvalue weighted by atomic mass is 32.2. The van der Waals surface area contributed by atoms with Gasteiger partial charge in [-0.25, -0.2) is 8.42 Å². The molecule has 0 saturated carbocycles. The van der Waals surface area contributed by atoms with E-state index >= 15 is 0 Å². The van der Waals surface area contributed by atoms with Gasteiger partial charge >= 0.3 is 0 Å². The third-order valence-corrected chi connectivity index (χ3v) is 6.37. The first-order valence-electron chi connectivity index (χ1n) is 9.36. The maximum Gasteiger partial charge on any atom is 0.293 e. The zero-order chi connectivity index (χ0) is 20.0. The third kappa shape index (κ3) is 5.88. The number of nitro groups is 1. The molecule has 0 aliphatic carbocycles. The van der Waals surface area contributed by atoms with E-state index in [1.165, 1.54) is 16.4 Å². The average molecular weight is 400 g/mol. The minimum atomic E-state index is -3.73. The summed E-state index contributed by atoms with van der Waals surface area (Å²) in [5.74, 6) is 0.289. The van der Waals surface area contributed by atoms with Gasteiger partial charge in [0.05, 0.1) is 15.9 Å². The summed E-state index contributed by atoms with van der Waals surface area (Å²) in [5.41, 5.74) is 0.0846. The predicted molar refractivity (Wildman–Crippen MR) is 104 cm³/mol. The van der Waals surface area contributed by atoms with Gasteiger partial charge in [0, 0.05) is 32.3 Å². The number of hydrogen-bond donors (Lipinski definition) is 1. The Balaban J connectivity index is 2.13. The summed E-state index contributed by atoms with van der Waals surface area (Å²) in [4.78, 5) is 10.9. The maximum absolute atomic E-state index is 12.8. The van der Waals surface area contributed by atoms with Crippen LogP contribution in [-0.2, 0) is 14.8 Å². The number of nitrogens with zero attached hydrogens (tertiary/aromatic N) is 2. The Morgan fingerprint density at radius 3 is 2.78 bits per heavy atom. The SMILES string of the molecule is CC(C)OCCCNc1ccc(S(=O)(=O)N2CCC[C@H](C)C2)cc1[N+](=O)[O-]. The molecular weight excluding hydrogens is 370 g/mol. The highest BCUT2D eigenvalue weighted by molar-refractivity contribution is 7.89. The van der Waals surface area contributed by atoms with Crippen molar-refractivity contribution >= 4 is 21.4 Å². The minimum Gasteiger partial charge on any atom is -0.379 e. The summed E-state index contributed by atoms with van der Waals surface area (Å²) in [6.07, 6.45) is 2.64. The molecule has 152 valence electrons. The Hall–Kier alpha value is -1.71. The van der Waals surface area contributed by atoms with E-state index in [0.717, 1.165) is 18.9 Å². The van der Waals surface area contributed by atoms with Crippen molar-refractivity contribution < 1.29 is 18.1 Å². The van der Waals surface area contributed by atoms with E-state index < -0.39 is 14.9 Å². The highest BCUT2D eigenvalue weighted by Crippen LogP contribution is 2.30. The lowest BCUT2D eigenvalue weighted by atomic mass is 10.0. The lowest BCUT2D eigenvalue weighted by molar-refractivity contribution is -0.384. The normalized spacial score (nSPS) is 18.6. The average Bonchev–Trinajstić information content (AvgIpc) is 2.61. The molecule has 0 radical (unpaired) electrons. The van der Waals surface area contributed by atoms with Gasteiger partial charge in [-0.1, -0.05) is 6.92 Å². The number of rotatable bonds is 9. The molecule has 0 aromatic heterocycles. The van der Waals surface area contributed by atoms with Crippen LogP contribution in [0.2, 0.25) is 0 Å². The van der Waals surface area contributed by atoms with E-state index in [2.05, 4.69) is 5.32 Å². The molecule has 2 rings (SSSR count). The molecular formula is C18H29N3O5S. The van der Waals surface area contributed by atoms with Crippen molar-refractivity contribution in [3.63, 3.8) is 0 Å². The van der Waals surface area contributed by atoms with Crippen LogP contribution in [0.25, 0.3) is 0 Å². The number of anilines is 1. The largest absolute Gasteiger partial charge is 0.379 e. The second-order valence-corrected chi connectivity index (χ2v) is 9.18. The molecule has 1 fully saturated rings. The molecule has 0 amide bonds. The van der Waals surface area contributed by atoms with Gasteiger partial charge in [-0.15, -0.1) is 0 Å². The van der Waals surface area contributed by atoms with Gasteiger partial charge < -0.3 is 10.1 Å². The molecule has 1 saturated heterocycles.